The topological polar surface area (TPSA) is 127 Å². The Hall–Kier alpha value is -1.69. The zero-order valence-electron chi connectivity index (χ0n) is 27.6. The van der Waals surface area contributed by atoms with Crippen molar-refractivity contribution in [2.75, 3.05) is 21.3 Å². The van der Waals surface area contributed by atoms with Crippen LogP contribution >= 0.6 is 0 Å². The number of ketones is 2. The second kappa shape index (κ2) is 13.4. The number of cyclic esters (lactones) is 1. The lowest BCUT2D eigenvalue weighted by molar-refractivity contribution is -0.314. The molecular formula is C35H52O10. The van der Waals surface area contributed by atoms with Gasteiger partial charge < -0.3 is 33.5 Å². The van der Waals surface area contributed by atoms with Crippen LogP contribution in [0.1, 0.15) is 72.1 Å². The van der Waals surface area contributed by atoms with Gasteiger partial charge in [-0.05, 0) is 80.6 Å². The largest absolute Gasteiger partial charge is 0.462 e. The van der Waals surface area contributed by atoms with Gasteiger partial charge in [0.25, 0.3) is 0 Å². The van der Waals surface area contributed by atoms with Crippen LogP contribution in [0.4, 0.5) is 0 Å². The molecule has 6 aliphatic rings. The van der Waals surface area contributed by atoms with Crippen molar-refractivity contribution < 1.29 is 47.9 Å². The third kappa shape index (κ3) is 5.86. The van der Waals surface area contributed by atoms with Gasteiger partial charge >= 0.3 is 5.97 Å². The van der Waals surface area contributed by atoms with Crippen molar-refractivity contribution in [3.63, 3.8) is 0 Å². The van der Waals surface area contributed by atoms with E-state index in [0.717, 1.165) is 12.8 Å². The van der Waals surface area contributed by atoms with E-state index in [1.54, 1.807) is 21.3 Å². The Morgan fingerprint density at radius 1 is 0.911 bits per heavy atom. The number of carbonyl (C=O) groups is 3. The number of methoxy groups -OCH3 is 3. The number of carbonyl (C=O) groups excluding carboxylic acids is 3. The Labute approximate surface area is 266 Å². The van der Waals surface area contributed by atoms with Crippen LogP contribution in [0.25, 0.3) is 0 Å². The quantitative estimate of drug-likeness (QED) is 0.434. The number of esters is 1. The maximum atomic E-state index is 14.0. The molecule has 16 atom stereocenters. The van der Waals surface area contributed by atoms with Crippen molar-refractivity contribution in [3.05, 3.63) is 11.6 Å². The van der Waals surface area contributed by atoms with Crippen LogP contribution in [-0.2, 0) is 42.8 Å². The van der Waals surface area contributed by atoms with Gasteiger partial charge in [-0.1, -0.05) is 19.9 Å². The van der Waals surface area contributed by atoms with Crippen molar-refractivity contribution >= 4 is 17.5 Å². The van der Waals surface area contributed by atoms with Gasteiger partial charge in [0.15, 0.2) is 12.1 Å². The summed E-state index contributed by atoms with van der Waals surface area (Å²) in [7, 11) is 4.88. The minimum absolute atomic E-state index is 0.0181. The summed E-state index contributed by atoms with van der Waals surface area (Å²) in [6, 6.07) is 0. The molecule has 252 valence electrons. The van der Waals surface area contributed by atoms with Crippen LogP contribution < -0.4 is 0 Å². The number of rotatable bonds is 6. The molecule has 0 bridgehead atoms. The van der Waals surface area contributed by atoms with Gasteiger partial charge in [-0.2, -0.15) is 0 Å². The van der Waals surface area contributed by atoms with Gasteiger partial charge in [0.2, 0.25) is 0 Å². The summed E-state index contributed by atoms with van der Waals surface area (Å²) in [4.78, 5) is 40.6. The molecule has 0 aromatic carbocycles. The number of allylic oxidation sites excluding steroid dienone is 2. The maximum absolute atomic E-state index is 14.0. The Morgan fingerprint density at radius 3 is 2.29 bits per heavy atom. The molecule has 6 rings (SSSR count). The van der Waals surface area contributed by atoms with E-state index < -0.39 is 24.4 Å². The minimum Gasteiger partial charge on any atom is -0.462 e. The molecule has 2 saturated heterocycles. The van der Waals surface area contributed by atoms with Crippen LogP contribution in [0.3, 0.4) is 0 Å². The Morgan fingerprint density at radius 2 is 1.62 bits per heavy atom. The molecule has 7 unspecified atom stereocenters. The van der Waals surface area contributed by atoms with Gasteiger partial charge in [-0.25, -0.2) is 0 Å². The van der Waals surface area contributed by atoms with E-state index in [-0.39, 0.29) is 95.9 Å². The second-order valence-corrected chi connectivity index (χ2v) is 14.5. The van der Waals surface area contributed by atoms with Gasteiger partial charge in [0.1, 0.15) is 30.2 Å². The molecule has 0 radical (unpaired) electrons. The zero-order chi connectivity index (χ0) is 32.2. The molecule has 45 heavy (non-hydrogen) atoms. The summed E-state index contributed by atoms with van der Waals surface area (Å²) in [5.74, 6) is -0.542. The molecule has 5 fully saturated rings. The molecule has 2 aliphatic heterocycles. The first-order valence-electron chi connectivity index (χ1n) is 17.2. The highest BCUT2D eigenvalue weighted by atomic mass is 16.7. The summed E-state index contributed by atoms with van der Waals surface area (Å²) >= 11 is 0. The predicted molar refractivity (Wildman–Crippen MR) is 162 cm³/mol. The first-order valence-corrected chi connectivity index (χ1v) is 17.2. The number of hydrogen-bond acceptors (Lipinski definition) is 10. The second-order valence-electron chi connectivity index (χ2n) is 14.5. The van der Waals surface area contributed by atoms with E-state index in [2.05, 4.69) is 6.08 Å². The number of Topliss-reactive ketones (excluding diaryl/α,β-unsaturated/α-hetero) is 2. The summed E-state index contributed by atoms with van der Waals surface area (Å²) in [5, 5.41) is 11.0. The lowest BCUT2D eigenvalue weighted by Crippen LogP contribution is -2.59. The average molecular weight is 633 g/mol. The molecule has 4 aliphatic carbocycles. The molecule has 3 saturated carbocycles. The predicted octanol–water partition coefficient (Wildman–Crippen LogP) is 3.66. The van der Waals surface area contributed by atoms with E-state index in [1.807, 2.05) is 20.8 Å². The Bertz CT molecular complexity index is 1150. The maximum Gasteiger partial charge on any atom is 0.306 e. The van der Waals surface area contributed by atoms with E-state index in [1.165, 1.54) is 0 Å². The molecule has 0 aromatic rings. The Kier molecular flexibility index (Phi) is 9.92. The molecule has 2 heterocycles. The number of aliphatic hydroxyl groups excluding tert-OH is 1. The lowest BCUT2D eigenvalue weighted by Gasteiger charge is -2.54. The number of ether oxygens (including phenoxy) is 6. The number of hydrogen-bond donors (Lipinski definition) is 1. The van der Waals surface area contributed by atoms with Crippen molar-refractivity contribution in [1.29, 1.82) is 0 Å². The van der Waals surface area contributed by atoms with Crippen molar-refractivity contribution in [3.8, 4) is 0 Å². The average Bonchev–Trinajstić information content (AvgIpc) is 3.58. The third-order valence-corrected chi connectivity index (χ3v) is 12.3. The first kappa shape index (κ1) is 33.2. The monoisotopic (exact) mass is 632 g/mol. The van der Waals surface area contributed by atoms with Crippen molar-refractivity contribution in [2.45, 2.75) is 121 Å². The standard InChI is InChI=1S/C35H52O10/c1-7-18-9-8-10-26(36)16(2)31(39)24-13-22-20-11-19(45-35-34(42-6)33(41-5)32(40-4)17(3)43-35)12-21(20)30-25(14-27(30)37)29(22)23(24)15-28(38)44-18/h13,16-23,25-26,29-30,32-36H,7-12,14-15H2,1-6H3/t16-,17?,18+,19+,20-,21?,22?,23-,25-,26+,29-,30+,32?,33?,34?,35?/m1/s1. The molecular weight excluding hydrogens is 580 g/mol. The smallest absolute Gasteiger partial charge is 0.306 e. The number of fused-ring (bicyclic) bond motifs is 8. The number of aliphatic hydroxyl groups is 1. The van der Waals surface area contributed by atoms with E-state index in [9.17, 15) is 19.5 Å². The molecule has 0 spiro atoms. The molecule has 0 aromatic heterocycles. The third-order valence-electron chi connectivity index (χ3n) is 12.3. The van der Waals surface area contributed by atoms with Crippen LogP contribution in [0, 0.1) is 47.3 Å². The summed E-state index contributed by atoms with van der Waals surface area (Å²) in [6.07, 6.45) is 3.59. The molecule has 10 nitrogen and oxygen atoms in total. The molecule has 1 N–H and O–H groups in total. The molecule has 0 amide bonds. The summed E-state index contributed by atoms with van der Waals surface area (Å²) in [5.41, 5.74) is 0.655. The van der Waals surface area contributed by atoms with E-state index in [0.29, 0.717) is 37.7 Å². The van der Waals surface area contributed by atoms with Crippen molar-refractivity contribution in [1.82, 2.24) is 0 Å². The van der Waals surface area contributed by atoms with E-state index in [4.69, 9.17) is 28.4 Å². The fourth-order valence-corrected chi connectivity index (χ4v) is 10.1. The molecule has 10 heteroatoms. The van der Waals surface area contributed by atoms with Gasteiger partial charge in [0, 0.05) is 45.5 Å². The van der Waals surface area contributed by atoms with E-state index >= 15 is 0 Å². The minimum atomic E-state index is -0.746. The van der Waals surface area contributed by atoms with Gasteiger partial charge in [-0.3, -0.25) is 14.4 Å². The van der Waals surface area contributed by atoms with Crippen LogP contribution in [0.2, 0.25) is 0 Å². The fourth-order valence-electron chi connectivity index (χ4n) is 10.1. The summed E-state index contributed by atoms with van der Waals surface area (Å²) < 4.78 is 36.1. The Balaban J connectivity index is 1.27. The van der Waals surface area contributed by atoms with Crippen molar-refractivity contribution in [2.24, 2.45) is 47.3 Å². The van der Waals surface area contributed by atoms with Gasteiger partial charge in [0.05, 0.1) is 24.7 Å². The van der Waals surface area contributed by atoms with Crippen LogP contribution in [-0.4, -0.2) is 93.0 Å². The normalized spacial score (nSPS) is 48.5. The summed E-state index contributed by atoms with van der Waals surface area (Å²) in [6.45, 7) is 5.76. The van der Waals surface area contributed by atoms with Crippen LogP contribution in [0.5, 0.6) is 0 Å². The van der Waals surface area contributed by atoms with Gasteiger partial charge in [-0.15, -0.1) is 0 Å². The SMILES string of the molecule is CC[C@H]1CCC[C@H](O)[C@@H](C)C(=O)C2=CC3[C@@H]4C[C@H](OC5OC(C)C(OC)C(OC)C5OC)CC4[C@@H]4C(=O)C[C@@H]4[C@H]3[C@@H]2CC(=O)O1. The van der Waals surface area contributed by atoms with Crippen LogP contribution in [0.15, 0.2) is 11.6 Å². The first-order chi connectivity index (χ1) is 21.6. The zero-order valence-corrected chi connectivity index (χ0v) is 27.6. The lowest BCUT2D eigenvalue weighted by atomic mass is 9.49. The highest BCUT2D eigenvalue weighted by Gasteiger charge is 2.64. The fraction of sp³-hybridized carbons (Fsp3) is 0.857. The highest BCUT2D eigenvalue weighted by Crippen LogP contribution is 2.64. The highest BCUT2D eigenvalue weighted by molar-refractivity contribution is 5.99.